The van der Waals surface area contributed by atoms with E-state index in [1.807, 2.05) is 0 Å². The Morgan fingerprint density at radius 1 is 1.07 bits per heavy atom. The summed E-state index contributed by atoms with van der Waals surface area (Å²) in [5.41, 5.74) is -0.333. The van der Waals surface area contributed by atoms with Gasteiger partial charge in [0.1, 0.15) is 5.75 Å². The maximum Gasteiger partial charge on any atom is 0.292 e. The molecule has 0 fully saturated rings. The predicted molar refractivity (Wildman–Crippen MR) is 43.2 cm³/mol. The van der Waals surface area contributed by atoms with E-state index in [1.165, 1.54) is 0 Å². The van der Waals surface area contributed by atoms with Crippen LogP contribution in [0, 0.1) is 0 Å². The second-order valence-corrected chi connectivity index (χ2v) is 2.51. The maximum atomic E-state index is 12.9. The van der Waals surface area contributed by atoms with E-state index in [0.717, 1.165) is 24.3 Å². The lowest BCUT2D eigenvalue weighted by atomic mass is 10.2. The second-order valence-electron chi connectivity index (χ2n) is 2.51. The topological polar surface area (TPSA) is 20.2 Å². The van der Waals surface area contributed by atoms with Crippen LogP contribution in [0.15, 0.2) is 30.1 Å². The molecule has 0 heterocycles. The number of hydrogen-bond acceptors (Lipinski definition) is 1. The van der Waals surface area contributed by atoms with Crippen LogP contribution in [-0.2, 0) is 0 Å². The van der Waals surface area contributed by atoms with Gasteiger partial charge in [-0.15, -0.1) is 0 Å². The normalized spacial score (nSPS) is 12.9. The summed E-state index contributed by atoms with van der Waals surface area (Å²) in [6.07, 6.45) is -3.47. The van der Waals surface area contributed by atoms with Crippen molar-refractivity contribution in [1.29, 1.82) is 0 Å². The Kier molecular flexibility index (Phi) is 3.11. The van der Waals surface area contributed by atoms with Crippen molar-refractivity contribution in [3.05, 3.63) is 35.7 Å². The third-order valence-electron chi connectivity index (χ3n) is 1.52. The van der Waals surface area contributed by atoms with E-state index < -0.39 is 18.1 Å². The molecular weight excluding hydrogens is 200 g/mol. The summed E-state index contributed by atoms with van der Waals surface area (Å²) in [5.74, 6) is -3.87. The molecule has 1 nitrogen and oxygen atoms in total. The summed E-state index contributed by atoms with van der Waals surface area (Å²) < 4.78 is 48.7. The third-order valence-corrected chi connectivity index (χ3v) is 1.52. The minimum atomic E-state index is -3.47. The fourth-order valence-electron chi connectivity index (χ4n) is 0.841. The van der Waals surface area contributed by atoms with Crippen LogP contribution in [0.4, 0.5) is 17.6 Å². The molecule has 0 bridgehead atoms. The largest absolute Gasteiger partial charge is 0.508 e. The molecule has 1 N–H and O–H groups in total. The van der Waals surface area contributed by atoms with Crippen LogP contribution < -0.4 is 0 Å². The first-order valence-corrected chi connectivity index (χ1v) is 3.65. The highest BCUT2D eigenvalue weighted by atomic mass is 19.3. The molecule has 0 aliphatic rings. The molecule has 0 aliphatic carbocycles. The molecule has 0 spiro atoms. The monoisotopic (exact) mass is 206 g/mol. The van der Waals surface area contributed by atoms with Crippen LogP contribution in [0.3, 0.4) is 0 Å². The molecule has 0 amide bonds. The average molecular weight is 206 g/mol. The van der Waals surface area contributed by atoms with Crippen LogP contribution in [0.2, 0.25) is 0 Å². The van der Waals surface area contributed by atoms with Crippen molar-refractivity contribution in [2.75, 3.05) is 0 Å². The molecule has 0 radical (unpaired) electrons. The van der Waals surface area contributed by atoms with Gasteiger partial charge in [-0.05, 0) is 24.3 Å². The van der Waals surface area contributed by atoms with Crippen molar-refractivity contribution in [2.24, 2.45) is 0 Å². The summed E-state index contributed by atoms with van der Waals surface area (Å²) in [7, 11) is 0. The highest BCUT2D eigenvalue weighted by Gasteiger charge is 2.18. The Morgan fingerprint density at radius 3 is 2.00 bits per heavy atom. The fourth-order valence-corrected chi connectivity index (χ4v) is 0.841. The molecule has 1 aromatic rings. The van der Waals surface area contributed by atoms with Gasteiger partial charge >= 0.3 is 0 Å². The van der Waals surface area contributed by atoms with Gasteiger partial charge in [0, 0.05) is 5.56 Å². The molecule has 0 saturated heterocycles. The van der Waals surface area contributed by atoms with Crippen molar-refractivity contribution in [2.45, 2.75) is 6.43 Å². The van der Waals surface area contributed by atoms with E-state index in [1.54, 1.807) is 0 Å². The van der Waals surface area contributed by atoms with Crippen molar-refractivity contribution in [3.63, 3.8) is 0 Å². The van der Waals surface area contributed by atoms with Crippen LogP contribution in [0.25, 0.3) is 5.83 Å². The summed E-state index contributed by atoms with van der Waals surface area (Å²) in [6.45, 7) is 0. The Bertz CT molecular complexity index is 342. The SMILES string of the molecule is Oc1ccc(C(F)=C(F)C(F)F)cc1. The molecule has 0 saturated carbocycles. The second kappa shape index (κ2) is 4.13. The van der Waals surface area contributed by atoms with Crippen LogP contribution >= 0.6 is 0 Å². The number of benzene rings is 1. The first kappa shape index (κ1) is 10.6. The quantitative estimate of drug-likeness (QED) is 0.736. The lowest BCUT2D eigenvalue weighted by Gasteiger charge is -2.00. The van der Waals surface area contributed by atoms with Crippen molar-refractivity contribution >= 4 is 5.83 Å². The zero-order chi connectivity index (χ0) is 10.7. The van der Waals surface area contributed by atoms with E-state index in [-0.39, 0.29) is 11.3 Å². The maximum absolute atomic E-state index is 12.9. The van der Waals surface area contributed by atoms with E-state index >= 15 is 0 Å². The lowest BCUT2D eigenvalue weighted by Crippen LogP contribution is -1.93. The molecule has 1 rings (SSSR count). The van der Waals surface area contributed by atoms with Gasteiger partial charge in [0.25, 0.3) is 6.43 Å². The first-order valence-electron chi connectivity index (χ1n) is 3.65. The molecule has 1 aromatic carbocycles. The van der Waals surface area contributed by atoms with Gasteiger partial charge in [-0.3, -0.25) is 0 Å². The number of hydrogen-bond donors (Lipinski definition) is 1. The summed E-state index contributed by atoms with van der Waals surface area (Å²) >= 11 is 0. The predicted octanol–water partition coefficient (Wildman–Crippen LogP) is 3.26. The number of aromatic hydroxyl groups is 1. The van der Waals surface area contributed by atoms with Crippen molar-refractivity contribution in [3.8, 4) is 5.75 Å². The Labute approximate surface area is 77.3 Å². The minimum absolute atomic E-state index is 0.154. The number of allylic oxidation sites excluding steroid dienone is 1. The van der Waals surface area contributed by atoms with E-state index in [9.17, 15) is 17.6 Å². The van der Waals surface area contributed by atoms with Crippen LogP contribution in [0.5, 0.6) is 5.75 Å². The Hall–Kier alpha value is -1.52. The molecule has 76 valence electrons. The van der Waals surface area contributed by atoms with Gasteiger partial charge < -0.3 is 5.11 Å². The molecular formula is C9H6F4O. The number of rotatable bonds is 2. The number of phenolic OH excluding ortho intramolecular Hbond substituents is 1. The lowest BCUT2D eigenvalue weighted by molar-refractivity contribution is 0.158. The third kappa shape index (κ3) is 2.25. The molecule has 5 heteroatoms. The molecule has 14 heavy (non-hydrogen) atoms. The van der Waals surface area contributed by atoms with Gasteiger partial charge in [-0.25, -0.2) is 17.6 Å². The highest BCUT2D eigenvalue weighted by molar-refractivity contribution is 5.61. The van der Waals surface area contributed by atoms with E-state index in [2.05, 4.69) is 0 Å². The summed E-state index contributed by atoms with van der Waals surface area (Å²) in [5, 5.41) is 8.81. The number of alkyl halides is 2. The van der Waals surface area contributed by atoms with Crippen molar-refractivity contribution in [1.82, 2.24) is 0 Å². The summed E-state index contributed by atoms with van der Waals surface area (Å²) in [6, 6.07) is 4.17. The zero-order valence-corrected chi connectivity index (χ0v) is 6.85. The highest BCUT2D eigenvalue weighted by Crippen LogP contribution is 2.26. The molecule has 0 atom stereocenters. The summed E-state index contributed by atoms with van der Waals surface area (Å²) in [4.78, 5) is 0. The van der Waals surface area contributed by atoms with Crippen LogP contribution in [0.1, 0.15) is 5.56 Å². The van der Waals surface area contributed by atoms with E-state index in [0.29, 0.717) is 0 Å². The van der Waals surface area contributed by atoms with Crippen molar-refractivity contribution < 1.29 is 22.7 Å². The number of phenols is 1. The minimum Gasteiger partial charge on any atom is -0.508 e. The number of halogens is 4. The van der Waals surface area contributed by atoms with Gasteiger partial charge in [0.05, 0.1) is 0 Å². The standard InChI is InChI=1S/C9H6F4O/c10-7(8(11)9(12)13)5-1-3-6(14)4-2-5/h1-4,9,14H. The fraction of sp³-hybridized carbons (Fsp3) is 0.111. The Balaban J connectivity index is 3.06. The first-order chi connectivity index (χ1) is 6.52. The van der Waals surface area contributed by atoms with Gasteiger partial charge in [0.15, 0.2) is 5.83 Å². The van der Waals surface area contributed by atoms with Gasteiger partial charge in [-0.1, -0.05) is 0 Å². The smallest absolute Gasteiger partial charge is 0.292 e. The molecule has 0 aromatic heterocycles. The Morgan fingerprint density at radius 2 is 1.57 bits per heavy atom. The van der Waals surface area contributed by atoms with Crippen LogP contribution in [-0.4, -0.2) is 11.5 Å². The zero-order valence-electron chi connectivity index (χ0n) is 6.85. The average Bonchev–Trinajstić information content (AvgIpc) is 2.16. The molecule has 0 aliphatic heterocycles. The van der Waals surface area contributed by atoms with E-state index in [4.69, 9.17) is 5.11 Å². The molecule has 0 unspecified atom stereocenters. The van der Waals surface area contributed by atoms with Gasteiger partial charge in [0.2, 0.25) is 5.83 Å². The van der Waals surface area contributed by atoms with Gasteiger partial charge in [-0.2, -0.15) is 0 Å².